The van der Waals surface area contributed by atoms with Crippen LogP contribution in [-0.2, 0) is 33.3 Å². The molecule has 1 aliphatic heterocycles. The smallest absolute Gasteiger partial charge is 0.335 e. The quantitative estimate of drug-likeness (QED) is 0.0262. The highest BCUT2D eigenvalue weighted by molar-refractivity contribution is 5.73. The van der Waals surface area contributed by atoms with E-state index in [1.54, 1.807) is 0 Å². The summed E-state index contributed by atoms with van der Waals surface area (Å²) in [5.74, 6) is -2.44. The van der Waals surface area contributed by atoms with Crippen LogP contribution in [0.3, 0.4) is 0 Å². The van der Waals surface area contributed by atoms with Gasteiger partial charge >= 0.3 is 17.9 Å². The highest BCUT2D eigenvalue weighted by Gasteiger charge is 2.47. The third kappa shape index (κ3) is 32.1. The Balaban J connectivity index is 2.29. The van der Waals surface area contributed by atoms with Gasteiger partial charge in [-0.3, -0.25) is 9.59 Å². The minimum absolute atomic E-state index is 0.186. The van der Waals surface area contributed by atoms with E-state index in [0.29, 0.717) is 12.8 Å². The normalized spacial score (nSPS) is 19.8. The lowest BCUT2D eigenvalue weighted by Gasteiger charge is -2.38. The van der Waals surface area contributed by atoms with Gasteiger partial charge in [0.2, 0.25) is 0 Å². The average Bonchev–Trinajstić information content (AvgIpc) is 3.24. The van der Waals surface area contributed by atoms with E-state index >= 15 is 0 Å². The molecule has 1 aliphatic rings. The number of hydrogen-bond donors (Lipinski definition) is 4. The van der Waals surface area contributed by atoms with Gasteiger partial charge in [-0.1, -0.05) is 192 Å². The van der Waals surface area contributed by atoms with E-state index < -0.39 is 54.7 Å². The maximum atomic E-state index is 12.8. The molecule has 0 radical (unpaired) electrons. The maximum Gasteiger partial charge on any atom is 0.335 e. The SMILES string of the molecule is CCCCCCC/C=C\C/C=C\CCCCCCCCCCCC(=O)OCC(COC1OC(C(=O)O)C(O)C(O)C1O)OC(=O)CCCCCCCCCCCCCCCC. The molecule has 0 amide bonds. The second kappa shape index (κ2) is 40.5. The van der Waals surface area contributed by atoms with Gasteiger partial charge in [0.1, 0.15) is 24.9 Å². The number of aliphatic carboxylic acids is 1. The van der Waals surface area contributed by atoms with E-state index in [2.05, 4.69) is 38.2 Å². The molecule has 0 aromatic carbocycles. The molecule has 0 aliphatic carbocycles. The number of esters is 2. The number of carboxylic acids is 1. The van der Waals surface area contributed by atoms with Crippen molar-refractivity contribution in [1.29, 1.82) is 0 Å². The van der Waals surface area contributed by atoms with Crippen LogP contribution in [0.4, 0.5) is 0 Å². The second-order valence-corrected chi connectivity index (χ2v) is 17.3. The standard InChI is InChI=1S/C50H90O11/c1-3-5-7-9-11-13-15-17-19-20-21-22-23-24-25-27-28-30-32-34-36-38-43(51)58-40-42(41-59-50-47(55)45(53)46(54)48(61-50)49(56)57)60-44(52)39-37-35-33-31-29-26-18-16-14-12-10-8-6-4-2/h15,17,20-21,42,45-48,50,53-55H,3-14,16,18-19,22-41H2,1-2H3,(H,56,57)/b17-15-,21-20-. The summed E-state index contributed by atoms with van der Waals surface area (Å²) < 4.78 is 21.8. The van der Waals surface area contributed by atoms with Crippen LogP contribution in [0.2, 0.25) is 0 Å². The zero-order chi connectivity index (χ0) is 44.6. The van der Waals surface area contributed by atoms with Gasteiger partial charge in [0.15, 0.2) is 18.5 Å². The molecule has 0 aromatic rings. The van der Waals surface area contributed by atoms with E-state index in [1.165, 1.54) is 135 Å². The Kier molecular flexibility index (Phi) is 37.6. The van der Waals surface area contributed by atoms with Crippen molar-refractivity contribution in [3.8, 4) is 0 Å². The molecule has 11 nitrogen and oxygen atoms in total. The van der Waals surface area contributed by atoms with E-state index in [9.17, 15) is 34.8 Å². The Morgan fingerprint density at radius 1 is 0.508 bits per heavy atom. The molecule has 4 N–H and O–H groups in total. The number of aliphatic hydroxyl groups excluding tert-OH is 3. The maximum absolute atomic E-state index is 12.8. The Hall–Kier alpha value is -2.31. The molecular weight excluding hydrogens is 777 g/mol. The fourth-order valence-electron chi connectivity index (χ4n) is 7.62. The van der Waals surface area contributed by atoms with Gasteiger partial charge in [0.25, 0.3) is 0 Å². The lowest BCUT2D eigenvalue weighted by Crippen LogP contribution is -2.60. The molecule has 61 heavy (non-hydrogen) atoms. The Labute approximate surface area is 370 Å². The third-order valence-corrected chi connectivity index (χ3v) is 11.6. The summed E-state index contributed by atoms with van der Waals surface area (Å²) in [6.45, 7) is 3.82. The van der Waals surface area contributed by atoms with E-state index in [-0.39, 0.29) is 26.1 Å². The summed E-state index contributed by atoms with van der Waals surface area (Å²) in [6.07, 6.45) is 36.5. The van der Waals surface area contributed by atoms with E-state index in [1.807, 2.05) is 0 Å². The number of rotatable bonds is 42. The van der Waals surface area contributed by atoms with Gasteiger partial charge in [-0.15, -0.1) is 0 Å². The molecular formula is C50H90O11. The minimum atomic E-state index is -1.86. The summed E-state index contributed by atoms with van der Waals surface area (Å²) in [6, 6.07) is 0. The van der Waals surface area contributed by atoms with Crippen LogP contribution in [0.15, 0.2) is 24.3 Å². The van der Waals surface area contributed by atoms with Crippen LogP contribution in [-0.4, -0.2) is 88.4 Å². The largest absolute Gasteiger partial charge is 0.479 e. The van der Waals surface area contributed by atoms with Crippen molar-refractivity contribution in [1.82, 2.24) is 0 Å². The minimum Gasteiger partial charge on any atom is -0.479 e. The lowest BCUT2D eigenvalue weighted by atomic mass is 9.99. The molecule has 6 atom stereocenters. The van der Waals surface area contributed by atoms with E-state index in [0.717, 1.165) is 51.4 Å². The number of aliphatic hydroxyl groups is 3. The van der Waals surface area contributed by atoms with Crippen LogP contribution in [0, 0.1) is 0 Å². The monoisotopic (exact) mass is 867 g/mol. The number of carbonyl (C=O) groups excluding carboxylic acids is 2. The Morgan fingerprint density at radius 3 is 1.36 bits per heavy atom. The number of carboxylic acid groups (broad SMARTS) is 1. The van der Waals surface area contributed by atoms with Crippen molar-refractivity contribution in [2.75, 3.05) is 13.2 Å². The summed E-state index contributed by atoms with van der Waals surface area (Å²) in [4.78, 5) is 36.9. The molecule has 6 unspecified atom stereocenters. The Morgan fingerprint density at radius 2 is 0.918 bits per heavy atom. The number of ether oxygens (including phenoxy) is 4. The highest BCUT2D eigenvalue weighted by atomic mass is 16.7. The van der Waals surface area contributed by atoms with Crippen molar-refractivity contribution in [3.05, 3.63) is 24.3 Å². The van der Waals surface area contributed by atoms with Gasteiger partial charge in [-0.25, -0.2) is 4.79 Å². The second-order valence-electron chi connectivity index (χ2n) is 17.3. The molecule has 0 bridgehead atoms. The first kappa shape index (κ1) is 56.7. The molecule has 356 valence electrons. The Bertz CT molecular complexity index is 1110. The zero-order valence-electron chi connectivity index (χ0n) is 38.7. The molecule has 1 fully saturated rings. The number of hydrogen-bond acceptors (Lipinski definition) is 10. The van der Waals surface area contributed by atoms with Crippen LogP contribution in [0.5, 0.6) is 0 Å². The van der Waals surface area contributed by atoms with Crippen molar-refractivity contribution in [2.45, 2.75) is 263 Å². The fourth-order valence-corrected chi connectivity index (χ4v) is 7.62. The fraction of sp³-hybridized carbons (Fsp3) is 0.860. The summed E-state index contributed by atoms with van der Waals surface area (Å²) in [7, 11) is 0. The first-order valence-corrected chi connectivity index (χ1v) is 24.9. The van der Waals surface area contributed by atoms with Gasteiger partial charge in [-0.05, 0) is 44.9 Å². The number of carbonyl (C=O) groups is 3. The molecule has 0 aromatic heterocycles. The molecule has 0 spiro atoms. The first-order valence-electron chi connectivity index (χ1n) is 24.9. The average molecular weight is 867 g/mol. The molecule has 1 saturated heterocycles. The molecule has 0 saturated carbocycles. The van der Waals surface area contributed by atoms with Crippen molar-refractivity contribution in [2.24, 2.45) is 0 Å². The van der Waals surface area contributed by atoms with Crippen molar-refractivity contribution >= 4 is 17.9 Å². The number of allylic oxidation sites excluding steroid dienone is 4. The molecule has 11 heteroatoms. The molecule has 1 rings (SSSR count). The van der Waals surface area contributed by atoms with Crippen molar-refractivity contribution < 1.29 is 53.8 Å². The predicted octanol–water partition coefficient (Wildman–Crippen LogP) is 11.4. The van der Waals surface area contributed by atoms with Crippen LogP contribution < -0.4 is 0 Å². The lowest BCUT2D eigenvalue weighted by molar-refractivity contribution is -0.298. The zero-order valence-corrected chi connectivity index (χ0v) is 38.7. The first-order chi connectivity index (χ1) is 29.7. The third-order valence-electron chi connectivity index (χ3n) is 11.6. The summed E-state index contributed by atoms with van der Waals surface area (Å²) in [5.41, 5.74) is 0. The van der Waals surface area contributed by atoms with Crippen LogP contribution in [0.1, 0.15) is 226 Å². The topological polar surface area (TPSA) is 169 Å². The summed E-state index contributed by atoms with van der Waals surface area (Å²) >= 11 is 0. The van der Waals surface area contributed by atoms with Gasteiger partial charge < -0.3 is 39.4 Å². The summed E-state index contributed by atoms with van der Waals surface area (Å²) in [5, 5.41) is 39.9. The number of unbranched alkanes of at least 4 members (excludes halogenated alkanes) is 27. The van der Waals surface area contributed by atoms with Gasteiger partial charge in [0, 0.05) is 12.8 Å². The predicted molar refractivity (Wildman–Crippen MR) is 243 cm³/mol. The van der Waals surface area contributed by atoms with Crippen LogP contribution in [0.25, 0.3) is 0 Å². The molecule has 1 heterocycles. The van der Waals surface area contributed by atoms with Gasteiger partial charge in [0.05, 0.1) is 6.61 Å². The van der Waals surface area contributed by atoms with E-state index in [4.69, 9.17) is 18.9 Å². The van der Waals surface area contributed by atoms with Crippen LogP contribution >= 0.6 is 0 Å². The highest BCUT2D eigenvalue weighted by Crippen LogP contribution is 2.23. The van der Waals surface area contributed by atoms with Gasteiger partial charge in [-0.2, -0.15) is 0 Å². The van der Waals surface area contributed by atoms with Crippen molar-refractivity contribution in [3.63, 3.8) is 0 Å².